The lowest BCUT2D eigenvalue weighted by Gasteiger charge is -2.14. The van der Waals surface area contributed by atoms with Crippen molar-refractivity contribution in [2.45, 2.75) is 46.1 Å². The number of nitrogens with zero attached hydrogens (tertiary/aromatic N) is 1. The SMILES string of the molecule is CCC1(C)CC1(C)[N+](C)=C(C)SC. The molecule has 2 heteroatoms. The molecular formula is C11H22NS+. The van der Waals surface area contributed by atoms with Gasteiger partial charge in [-0.25, -0.2) is 4.58 Å². The van der Waals surface area contributed by atoms with Gasteiger partial charge in [0.1, 0.15) is 7.05 Å². The summed E-state index contributed by atoms with van der Waals surface area (Å²) in [5.41, 5.74) is 0.952. The highest BCUT2D eigenvalue weighted by Crippen LogP contribution is 2.60. The second-order valence-corrected chi connectivity index (χ2v) is 5.65. The van der Waals surface area contributed by atoms with Gasteiger partial charge < -0.3 is 0 Å². The van der Waals surface area contributed by atoms with Crippen LogP contribution < -0.4 is 0 Å². The van der Waals surface area contributed by atoms with Crippen LogP contribution in [0.25, 0.3) is 0 Å². The van der Waals surface area contributed by atoms with Crippen molar-refractivity contribution in [2.75, 3.05) is 13.3 Å². The van der Waals surface area contributed by atoms with Crippen LogP contribution in [0.3, 0.4) is 0 Å². The predicted octanol–water partition coefficient (Wildman–Crippen LogP) is 2.99. The summed E-state index contributed by atoms with van der Waals surface area (Å²) in [6.45, 7) is 9.30. The summed E-state index contributed by atoms with van der Waals surface area (Å²) < 4.78 is 2.46. The van der Waals surface area contributed by atoms with Crippen LogP contribution in [0.5, 0.6) is 0 Å². The number of rotatable bonds is 2. The summed E-state index contributed by atoms with van der Waals surface area (Å²) in [7, 11) is 2.23. The topological polar surface area (TPSA) is 3.01 Å². The van der Waals surface area contributed by atoms with Crippen molar-refractivity contribution in [3.8, 4) is 0 Å². The molecule has 1 aliphatic rings. The molecule has 13 heavy (non-hydrogen) atoms. The molecular weight excluding hydrogens is 178 g/mol. The summed E-state index contributed by atoms with van der Waals surface area (Å²) in [5, 5.41) is 1.43. The Morgan fingerprint density at radius 3 is 2.31 bits per heavy atom. The minimum atomic E-state index is 0.412. The zero-order valence-electron chi connectivity index (χ0n) is 9.77. The van der Waals surface area contributed by atoms with Crippen LogP contribution >= 0.6 is 11.8 Å². The second kappa shape index (κ2) is 3.30. The van der Waals surface area contributed by atoms with E-state index < -0.39 is 0 Å². The summed E-state index contributed by atoms with van der Waals surface area (Å²) >= 11 is 1.85. The number of hydrogen-bond donors (Lipinski definition) is 0. The summed E-state index contributed by atoms with van der Waals surface area (Å²) in [6.07, 6.45) is 4.78. The molecule has 2 unspecified atom stereocenters. The average molecular weight is 200 g/mol. The number of thioether (sulfide) groups is 1. The molecule has 1 aliphatic carbocycles. The summed E-state index contributed by atoms with van der Waals surface area (Å²) in [6, 6.07) is 0. The maximum atomic E-state index is 2.46. The fourth-order valence-electron chi connectivity index (χ4n) is 2.23. The zero-order valence-corrected chi connectivity index (χ0v) is 10.6. The normalized spacial score (nSPS) is 40.2. The van der Waals surface area contributed by atoms with Crippen molar-refractivity contribution in [2.24, 2.45) is 5.41 Å². The Morgan fingerprint density at radius 2 is 2.00 bits per heavy atom. The molecule has 0 N–H and O–H groups in total. The average Bonchev–Trinajstić information content (AvgIpc) is 2.69. The van der Waals surface area contributed by atoms with E-state index in [4.69, 9.17) is 0 Å². The van der Waals surface area contributed by atoms with E-state index in [0.29, 0.717) is 11.0 Å². The van der Waals surface area contributed by atoms with Gasteiger partial charge in [-0.2, -0.15) is 0 Å². The Labute approximate surface area is 86.6 Å². The molecule has 0 aromatic carbocycles. The quantitative estimate of drug-likeness (QED) is 0.376. The molecule has 0 spiro atoms. The highest BCUT2D eigenvalue weighted by Gasteiger charge is 2.68. The van der Waals surface area contributed by atoms with E-state index in [1.165, 1.54) is 17.9 Å². The molecule has 0 amide bonds. The van der Waals surface area contributed by atoms with Gasteiger partial charge in [0.15, 0.2) is 5.54 Å². The Balaban J connectivity index is 2.88. The molecule has 1 saturated carbocycles. The van der Waals surface area contributed by atoms with Crippen LogP contribution in [0.15, 0.2) is 0 Å². The molecule has 0 aromatic heterocycles. The van der Waals surface area contributed by atoms with E-state index >= 15 is 0 Å². The van der Waals surface area contributed by atoms with Crippen molar-refractivity contribution in [1.29, 1.82) is 0 Å². The third-order valence-corrected chi connectivity index (χ3v) is 5.06. The third-order valence-electron chi connectivity index (χ3n) is 4.20. The third kappa shape index (κ3) is 1.54. The largest absolute Gasteiger partial charge is 0.225 e. The standard InChI is InChI=1S/C11H22NS/c1-7-10(3)8-11(10,4)12(5)9(2)13-6/h7-8H2,1-6H3/q+1. The molecule has 0 aliphatic heterocycles. The van der Waals surface area contributed by atoms with Gasteiger partial charge in [-0.05, 0) is 12.7 Å². The van der Waals surface area contributed by atoms with E-state index in [-0.39, 0.29) is 0 Å². The lowest BCUT2D eigenvalue weighted by Crippen LogP contribution is -2.30. The number of hydrogen-bond acceptors (Lipinski definition) is 1. The highest BCUT2D eigenvalue weighted by molar-refractivity contribution is 8.13. The van der Waals surface area contributed by atoms with Gasteiger partial charge in [-0.3, -0.25) is 0 Å². The summed E-state index contributed by atoms with van der Waals surface area (Å²) in [5.74, 6) is 0. The molecule has 1 fully saturated rings. The monoisotopic (exact) mass is 200 g/mol. The van der Waals surface area contributed by atoms with Crippen LogP contribution in [0, 0.1) is 5.41 Å². The summed E-state index contributed by atoms with van der Waals surface area (Å²) in [4.78, 5) is 0. The van der Waals surface area contributed by atoms with Crippen LogP contribution in [0.2, 0.25) is 0 Å². The first kappa shape index (κ1) is 11.1. The molecule has 2 atom stereocenters. The van der Waals surface area contributed by atoms with Gasteiger partial charge in [0.25, 0.3) is 0 Å². The lowest BCUT2D eigenvalue weighted by molar-refractivity contribution is -0.555. The first-order chi connectivity index (χ1) is 5.91. The van der Waals surface area contributed by atoms with Crippen LogP contribution in [0.1, 0.15) is 40.5 Å². The molecule has 0 heterocycles. The molecule has 76 valence electrons. The molecule has 0 saturated heterocycles. The lowest BCUT2D eigenvalue weighted by atomic mass is 10.00. The van der Waals surface area contributed by atoms with Crippen LogP contribution in [-0.2, 0) is 0 Å². The maximum Gasteiger partial charge on any atom is 0.207 e. The van der Waals surface area contributed by atoms with Crippen molar-refractivity contribution in [3.63, 3.8) is 0 Å². The van der Waals surface area contributed by atoms with Gasteiger partial charge in [0.05, 0.1) is 0 Å². The fourth-order valence-corrected chi connectivity index (χ4v) is 2.70. The zero-order chi connectivity index (χ0) is 10.3. The highest BCUT2D eigenvalue weighted by atomic mass is 32.2. The first-order valence-corrected chi connectivity index (χ1v) is 6.25. The van der Waals surface area contributed by atoms with Crippen molar-refractivity contribution in [3.05, 3.63) is 0 Å². The predicted molar refractivity (Wildman–Crippen MR) is 61.8 cm³/mol. The van der Waals surface area contributed by atoms with Gasteiger partial charge in [-0.1, -0.05) is 25.6 Å². The van der Waals surface area contributed by atoms with Gasteiger partial charge >= 0.3 is 0 Å². The molecule has 0 aromatic rings. The van der Waals surface area contributed by atoms with E-state index in [9.17, 15) is 0 Å². The second-order valence-electron chi connectivity index (χ2n) is 4.65. The molecule has 1 nitrogen and oxygen atoms in total. The van der Waals surface area contributed by atoms with Crippen LogP contribution in [-0.4, -0.2) is 28.5 Å². The Morgan fingerprint density at radius 1 is 1.46 bits per heavy atom. The van der Waals surface area contributed by atoms with E-state index in [1.54, 1.807) is 0 Å². The smallest absolute Gasteiger partial charge is 0.207 e. The Kier molecular flexibility index (Phi) is 2.82. The molecule has 0 bridgehead atoms. The maximum absolute atomic E-state index is 2.46. The van der Waals surface area contributed by atoms with E-state index in [2.05, 4.69) is 45.6 Å². The van der Waals surface area contributed by atoms with Gasteiger partial charge in [0.2, 0.25) is 5.04 Å². The minimum absolute atomic E-state index is 0.412. The van der Waals surface area contributed by atoms with Crippen molar-refractivity contribution < 1.29 is 4.58 Å². The van der Waals surface area contributed by atoms with Gasteiger partial charge in [0, 0.05) is 25.7 Å². The minimum Gasteiger partial charge on any atom is -0.225 e. The van der Waals surface area contributed by atoms with Crippen LogP contribution in [0.4, 0.5) is 0 Å². The Bertz CT molecular complexity index is 246. The van der Waals surface area contributed by atoms with Crippen molar-refractivity contribution >= 4 is 16.8 Å². The van der Waals surface area contributed by atoms with Crippen molar-refractivity contribution in [1.82, 2.24) is 0 Å². The Hall–Kier alpha value is 0.0200. The first-order valence-electron chi connectivity index (χ1n) is 5.02. The van der Waals surface area contributed by atoms with E-state index in [1.807, 2.05) is 11.8 Å². The van der Waals surface area contributed by atoms with Gasteiger partial charge in [-0.15, -0.1) is 0 Å². The van der Waals surface area contributed by atoms with E-state index in [0.717, 1.165) is 0 Å². The molecule has 1 rings (SSSR count). The molecule has 0 radical (unpaired) electrons. The fraction of sp³-hybridized carbons (Fsp3) is 0.909.